The zero-order chi connectivity index (χ0) is 41.3. The minimum atomic E-state index is -3.30. The number of rotatable bonds is 13. The molecule has 18 heteroatoms. The number of piperazine rings is 1. The SMILES string of the molecule is CS(=O)(=O)c1ccc(-c2cccc3nc(Nc4ccc(N5CCN(C(=O)CCOCCNc6cccc7c6C(=O)N(C6CCC(=O)NC6=O)C7=O)CC5)cc4)nn23)cc1. The van der Waals surface area contributed by atoms with Gasteiger partial charge in [-0.3, -0.25) is 34.2 Å². The van der Waals surface area contributed by atoms with Gasteiger partial charge in [-0.2, -0.15) is 4.98 Å². The van der Waals surface area contributed by atoms with E-state index in [1.807, 2.05) is 47.4 Å². The van der Waals surface area contributed by atoms with Crippen LogP contribution < -0.4 is 20.9 Å². The predicted octanol–water partition coefficient (Wildman–Crippen LogP) is 3.11. The fraction of sp³-hybridized carbons (Fsp3) is 0.293. The van der Waals surface area contributed by atoms with Crippen LogP contribution in [0.2, 0.25) is 0 Å². The van der Waals surface area contributed by atoms with Crippen molar-refractivity contribution in [2.45, 2.75) is 30.2 Å². The first-order valence-electron chi connectivity index (χ1n) is 19.2. The molecule has 2 saturated heterocycles. The maximum Gasteiger partial charge on any atom is 0.264 e. The van der Waals surface area contributed by atoms with Gasteiger partial charge in [0.15, 0.2) is 15.5 Å². The van der Waals surface area contributed by atoms with Gasteiger partial charge in [0.25, 0.3) is 11.8 Å². The molecule has 0 spiro atoms. The van der Waals surface area contributed by atoms with E-state index in [2.05, 4.69) is 30.9 Å². The van der Waals surface area contributed by atoms with Gasteiger partial charge in [-0.15, -0.1) is 5.10 Å². The lowest BCUT2D eigenvalue weighted by Crippen LogP contribution is -2.54. The molecule has 59 heavy (non-hydrogen) atoms. The average molecular weight is 820 g/mol. The van der Waals surface area contributed by atoms with Crippen LogP contribution in [-0.2, 0) is 29.0 Å². The summed E-state index contributed by atoms with van der Waals surface area (Å²) in [6, 6.07) is 24.0. The number of anilines is 4. The third kappa shape index (κ3) is 8.22. The van der Waals surface area contributed by atoms with E-state index >= 15 is 0 Å². The molecule has 1 unspecified atom stereocenters. The highest BCUT2D eigenvalue weighted by atomic mass is 32.2. The van der Waals surface area contributed by atoms with Crippen molar-refractivity contribution in [2.24, 2.45) is 0 Å². The molecule has 17 nitrogen and oxygen atoms in total. The van der Waals surface area contributed by atoms with Crippen LogP contribution in [0.3, 0.4) is 0 Å². The van der Waals surface area contributed by atoms with Gasteiger partial charge in [-0.05, 0) is 67.1 Å². The Labute approximate surface area is 339 Å². The largest absolute Gasteiger partial charge is 0.382 e. The van der Waals surface area contributed by atoms with Crippen LogP contribution in [-0.4, -0.2) is 121 Å². The Bertz CT molecular complexity index is 2570. The lowest BCUT2D eigenvalue weighted by atomic mass is 10.0. The number of benzene rings is 3. The van der Waals surface area contributed by atoms with Crippen LogP contribution in [0.15, 0.2) is 89.8 Å². The maximum absolute atomic E-state index is 13.3. The summed E-state index contributed by atoms with van der Waals surface area (Å²) < 4.78 is 31.2. The number of aromatic nitrogens is 3. The number of hydrogen-bond donors (Lipinski definition) is 3. The third-order valence-electron chi connectivity index (χ3n) is 10.5. The minimum absolute atomic E-state index is 0.00437. The fourth-order valence-electron chi connectivity index (χ4n) is 7.49. The molecule has 5 heterocycles. The quantitative estimate of drug-likeness (QED) is 0.116. The van der Waals surface area contributed by atoms with E-state index in [-0.39, 0.29) is 54.4 Å². The summed E-state index contributed by atoms with van der Waals surface area (Å²) in [5, 5.41) is 13.3. The molecule has 2 fully saturated rings. The second-order valence-corrected chi connectivity index (χ2v) is 16.4. The molecule has 0 saturated carbocycles. The lowest BCUT2D eigenvalue weighted by molar-refractivity contribution is -0.136. The number of fused-ring (bicyclic) bond motifs is 2. The monoisotopic (exact) mass is 819 g/mol. The van der Waals surface area contributed by atoms with E-state index in [1.165, 1.54) is 12.3 Å². The Morgan fingerprint density at radius 3 is 2.36 bits per heavy atom. The van der Waals surface area contributed by atoms with Gasteiger partial charge in [0.2, 0.25) is 23.7 Å². The van der Waals surface area contributed by atoms with Crippen molar-refractivity contribution >= 4 is 68.0 Å². The Morgan fingerprint density at radius 1 is 0.881 bits per heavy atom. The van der Waals surface area contributed by atoms with E-state index < -0.39 is 39.5 Å². The van der Waals surface area contributed by atoms with Crippen molar-refractivity contribution in [3.05, 3.63) is 96.1 Å². The van der Waals surface area contributed by atoms with E-state index in [0.717, 1.165) is 27.5 Å². The number of carbonyl (C=O) groups is 5. The zero-order valence-corrected chi connectivity index (χ0v) is 32.9. The summed E-state index contributed by atoms with van der Waals surface area (Å²) in [5.41, 5.74) is 4.86. The second kappa shape index (κ2) is 16.3. The number of imide groups is 2. The number of amides is 5. The molecule has 8 rings (SSSR count). The number of sulfone groups is 1. The average Bonchev–Trinajstić information content (AvgIpc) is 3.76. The molecule has 3 aliphatic heterocycles. The number of nitrogens with one attached hydrogen (secondary N) is 3. The van der Waals surface area contributed by atoms with E-state index in [0.29, 0.717) is 50.0 Å². The highest BCUT2D eigenvalue weighted by Gasteiger charge is 2.45. The summed E-state index contributed by atoms with van der Waals surface area (Å²) in [4.78, 5) is 73.2. The molecular formula is C41H41N9O8S. The fourth-order valence-corrected chi connectivity index (χ4v) is 8.12. The third-order valence-corrected chi connectivity index (χ3v) is 11.7. The van der Waals surface area contributed by atoms with E-state index in [4.69, 9.17) is 4.74 Å². The van der Waals surface area contributed by atoms with E-state index in [1.54, 1.807) is 40.9 Å². The van der Waals surface area contributed by atoms with Crippen LogP contribution in [0, 0.1) is 0 Å². The van der Waals surface area contributed by atoms with Gasteiger partial charge in [-0.1, -0.05) is 24.3 Å². The van der Waals surface area contributed by atoms with E-state index in [9.17, 15) is 32.4 Å². The molecule has 3 aliphatic rings. The summed E-state index contributed by atoms with van der Waals surface area (Å²) in [7, 11) is -3.30. The summed E-state index contributed by atoms with van der Waals surface area (Å²) in [6.07, 6.45) is 1.53. The molecule has 0 aliphatic carbocycles. The Hall–Kier alpha value is -6.66. The van der Waals surface area contributed by atoms with Crippen molar-refractivity contribution in [3.8, 4) is 11.3 Å². The normalized spacial score (nSPS) is 17.0. The molecule has 304 valence electrons. The predicted molar refractivity (Wildman–Crippen MR) is 217 cm³/mol. The zero-order valence-electron chi connectivity index (χ0n) is 32.1. The number of pyridine rings is 1. The number of carbonyl (C=O) groups excluding carboxylic acids is 5. The van der Waals surface area contributed by atoms with Crippen molar-refractivity contribution in [2.75, 3.05) is 67.7 Å². The van der Waals surface area contributed by atoms with Gasteiger partial charge >= 0.3 is 0 Å². The van der Waals surface area contributed by atoms with Gasteiger partial charge in [0, 0.05) is 68.0 Å². The second-order valence-electron chi connectivity index (χ2n) is 14.4. The topological polar surface area (TPSA) is 205 Å². The standard InChI is InChI=1S/C41H41N9O8S/c1-59(56,57)29-14-8-26(9-15-29)32-6-3-7-34-44-41(46-50(32)34)43-27-10-12-28(13-11-27)47-20-22-48(23-21-47)36(52)18-24-58-25-19-42-31-5-2-4-30-37(31)40(55)49(39(30)54)33-16-17-35(51)45-38(33)53/h2-15,33,42H,16-25H2,1H3,(H,43,46)(H,45,51,53). The number of hydrogen-bond acceptors (Lipinski definition) is 13. The highest BCUT2D eigenvalue weighted by molar-refractivity contribution is 7.90. The lowest BCUT2D eigenvalue weighted by Gasteiger charge is -2.36. The summed E-state index contributed by atoms with van der Waals surface area (Å²) in [6.45, 7) is 3.30. The van der Waals surface area contributed by atoms with Gasteiger partial charge in [0.1, 0.15) is 6.04 Å². The molecule has 3 aromatic carbocycles. The molecule has 5 aromatic rings. The highest BCUT2D eigenvalue weighted by Crippen LogP contribution is 2.32. The molecule has 1 atom stereocenters. The Balaban J connectivity index is 0.770. The van der Waals surface area contributed by atoms with Crippen LogP contribution in [0.4, 0.5) is 23.0 Å². The van der Waals surface area contributed by atoms with Crippen LogP contribution >= 0.6 is 0 Å². The Kier molecular flexibility index (Phi) is 10.8. The molecular weight excluding hydrogens is 779 g/mol. The minimum Gasteiger partial charge on any atom is -0.382 e. The number of piperidine rings is 1. The first kappa shape index (κ1) is 39.2. The molecule has 2 aromatic heterocycles. The number of ether oxygens (including phenoxy) is 1. The smallest absolute Gasteiger partial charge is 0.264 e. The molecule has 3 N–H and O–H groups in total. The van der Waals surface area contributed by atoms with Gasteiger partial charge < -0.3 is 25.2 Å². The Morgan fingerprint density at radius 2 is 1.63 bits per heavy atom. The van der Waals surface area contributed by atoms with Crippen LogP contribution in [0.25, 0.3) is 16.9 Å². The first-order chi connectivity index (χ1) is 28.4. The summed E-state index contributed by atoms with van der Waals surface area (Å²) >= 11 is 0. The molecule has 5 amide bonds. The molecule has 0 radical (unpaired) electrons. The van der Waals surface area contributed by atoms with Gasteiger partial charge in [0.05, 0.1) is 41.4 Å². The van der Waals surface area contributed by atoms with Crippen molar-refractivity contribution in [1.82, 2.24) is 29.7 Å². The van der Waals surface area contributed by atoms with Crippen molar-refractivity contribution in [3.63, 3.8) is 0 Å². The first-order valence-corrected chi connectivity index (χ1v) is 21.1. The summed E-state index contributed by atoms with van der Waals surface area (Å²) in [5.74, 6) is -1.83. The van der Waals surface area contributed by atoms with Crippen molar-refractivity contribution in [1.29, 1.82) is 0 Å². The number of nitrogens with zero attached hydrogens (tertiary/aromatic N) is 6. The van der Waals surface area contributed by atoms with Crippen LogP contribution in [0.5, 0.6) is 0 Å². The molecule has 0 bridgehead atoms. The van der Waals surface area contributed by atoms with Crippen molar-refractivity contribution < 1.29 is 37.1 Å². The maximum atomic E-state index is 13.3. The van der Waals surface area contributed by atoms with Crippen LogP contribution in [0.1, 0.15) is 40.0 Å². The van der Waals surface area contributed by atoms with Gasteiger partial charge in [-0.25, -0.2) is 12.9 Å².